The molecule has 2 aliphatic heterocycles. The second-order valence-corrected chi connectivity index (χ2v) is 6.32. The number of carboxylic acid groups (broad SMARTS) is 1. The van der Waals surface area contributed by atoms with Gasteiger partial charge in [-0.3, -0.25) is 4.79 Å². The highest BCUT2D eigenvalue weighted by molar-refractivity contribution is 5.79. The highest BCUT2D eigenvalue weighted by atomic mass is 16.4. The molecule has 6 heteroatoms. The van der Waals surface area contributed by atoms with E-state index in [1.165, 1.54) is 0 Å². The van der Waals surface area contributed by atoms with E-state index in [0.717, 1.165) is 25.7 Å². The van der Waals surface area contributed by atoms with E-state index in [1.54, 1.807) is 9.80 Å². The molecular formula is C15H26N2O4. The lowest BCUT2D eigenvalue weighted by Gasteiger charge is -2.42. The van der Waals surface area contributed by atoms with Gasteiger partial charge in [0.05, 0.1) is 18.1 Å². The molecule has 2 atom stereocenters. The third kappa shape index (κ3) is 3.15. The topological polar surface area (TPSA) is 81.1 Å². The number of urea groups is 1. The molecule has 0 aromatic carbocycles. The second-order valence-electron chi connectivity index (χ2n) is 6.32. The summed E-state index contributed by atoms with van der Waals surface area (Å²) in [4.78, 5) is 27.7. The molecule has 0 aromatic rings. The molecule has 0 aromatic heterocycles. The SMILES string of the molecule is CCCC1(C(=O)O)CCCN(C(=O)N2CCCC2CO)C1. The molecule has 2 N–H and O–H groups in total. The van der Waals surface area contributed by atoms with Crippen LogP contribution in [-0.4, -0.2) is 64.3 Å². The molecule has 0 aliphatic carbocycles. The van der Waals surface area contributed by atoms with Crippen molar-refractivity contribution in [3.8, 4) is 0 Å². The van der Waals surface area contributed by atoms with Gasteiger partial charge in [0.2, 0.25) is 0 Å². The van der Waals surface area contributed by atoms with Crippen LogP contribution in [0.25, 0.3) is 0 Å². The Bertz CT molecular complexity index is 397. The average molecular weight is 298 g/mol. The van der Waals surface area contributed by atoms with Gasteiger partial charge in [-0.15, -0.1) is 0 Å². The van der Waals surface area contributed by atoms with Crippen LogP contribution in [0.15, 0.2) is 0 Å². The summed E-state index contributed by atoms with van der Waals surface area (Å²) in [5, 5.41) is 18.9. The Morgan fingerprint density at radius 2 is 2.05 bits per heavy atom. The molecule has 2 heterocycles. The fourth-order valence-corrected chi connectivity index (χ4v) is 3.72. The summed E-state index contributed by atoms with van der Waals surface area (Å²) < 4.78 is 0. The number of carbonyl (C=O) groups excluding carboxylic acids is 1. The third-order valence-corrected chi connectivity index (χ3v) is 4.86. The standard InChI is InChI=1S/C15H26N2O4/c1-2-6-15(13(19)20)7-4-8-16(11-15)14(21)17-9-3-5-12(17)10-18/h12,18H,2-11H2,1H3,(H,19,20). The van der Waals surface area contributed by atoms with Crippen molar-refractivity contribution in [1.29, 1.82) is 0 Å². The van der Waals surface area contributed by atoms with E-state index >= 15 is 0 Å². The second kappa shape index (κ2) is 6.64. The van der Waals surface area contributed by atoms with Gasteiger partial charge in [-0.1, -0.05) is 13.3 Å². The van der Waals surface area contributed by atoms with Crippen LogP contribution in [0.1, 0.15) is 45.4 Å². The minimum Gasteiger partial charge on any atom is -0.481 e. The quantitative estimate of drug-likeness (QED) is 0.824. The summed E-state index contributed by atoms with van der Waals surface area (Å²) in [6, 6.07) is -0.210. The maximum absolute atomic E-state index is 12.6. The van der Waals surface area contributed by atoms with E-state index in [2.05, 4.69) is 0 Å². The highest BCUT2D eigenvalue weighted by Crippen LogP contribution is 2.36. The van der Waals surface area contributed by atoms with Crippen LogP contribution < -0.4 is 0 Å². The van der Waals surface area contributed by atoms with Crippen LogP contribution in [0, 0.1) is 5.41 Å². The van der Waals surface area contributed by atoms with Crippen molar-refractivity contribution >= 4 is 12.0 Å². The molecule has 2 fully saturated rings. The number of carbonyl (C=O) groups is 2. The van der Waals surface area contributed by atoms with Gasteiger partial charge in [-0.2, -0.15) is 0 Å². The summed E-state index contributed by atoms with van der Waals surface area (Å²) in [6.07, 6.45) is 4.52. The summed E-state index contributed by atoms with van der Waals surface area (Å²) >= 11 is 0. The third-order valence-electron chi connectivity index (χ3n) is 4.86. The predicted molar refractivity (Wildman–Crippen MR) is 78.0 cm³/mol. The number of rotatable bonds is 4. The van der Waals surface area contributed by atoms with Crippen molar-refractivity contribution < 1.29 is 19.8 Å². The summed E-state index contributed by atoms with van der Waals surface area (Å²) in [6.45, 7) is 3.54. The van der Waals surface area contributed by atoms with Gasteiger partial charge in [-0.05, 0) is 32.1 Å². The molecule has 2 rings (SSSR count). The number of aliphatic hydroxyl groups is 1. The van der Waals surface area contributed by atoms with E-state index < -0.39 is 11.4 Å². The van der Waals surface area contributed by atoms with Gasteiger partial charge in [0.15, 0.2) is 0 Å². The van der Waals surface area contributed by atoms with Crippen molar-refractivity contribution in [3.05, 3.63) is 0 Å². The van der Waals surface area contributed by atoms with E-state index in [-0.39, 0.29) is 18.7 Å². The maximum Gasteiger partial charge on any atom is 0.320 e. The van der Waals surface area contributed by atoms with E-state index in [4.69, 9.17) is 0 Å². The number of piperidine rings is 1. The number of aliphatic hydroxyl groups excluding tert-OH is 1. The predicted octanol–water partition coefficient (Wildman–Crippen LogP) is 1.53. The maximum atomic E-state index is 12.6. The lowest BCUT2D eigenvalue weighted by atomic mass is 9.76. The fraction of sp³-hybridized carbons (Fsp3) is 0.867. The van der Waals surface area contributed by atoms with E-state index in [1.807, 2.05) is 6.92 Å². The molecule has 0 bridgehead atoms. The zero-order valence-electron chi connectivity index (χ0n) is 12.8. The largest absolute Gasteiger partial charge is 0.481 e. The fourth-order valence-electron chi connectivity index (χ4n) is 3.72. The van der Waals surface area contributed by atoms with Crippen molar-refractivity contribution in [1.82, 2.24) is 9.80 Å². The number of carboxylic acids is 1. The first-order valence-electron chi connectivity index (χ1n) is 7.94. The minimum absolute atomic E-state index is 0.0153. The Morgan fingerprint density at radius 1 is 1.29 bits per heavy atom. The Hall–Kier alpha value is -1.30. The number of amides is 2. The highest BCUT2D eigenvalue weighted by Gasteiger charge is 2.44. The van der Waals surface area contributed by atoms with Crippen molar-refractivity contribution in [2.24, 2.45) is 5.41 Å². The van der Waals surface area contributed by atoms with Gasteiger partial charge in [0, 0.05) is 19.6 Å². The Balaban J connectivity index is 2.09. The number of hydrogen-bond acceptors (Lipinski definition) is 3. The first kappa shape index (κ1) is 16.1. The van der Waals surface area contributed by atoms with Crippen molar-refractivity contribution in [2.75, 3.05) is 26.2 Å². The van der Waals surface area contributed by atoms with Gasteiger partial charge >= 0.3 is 12.0 Å². The van der Waals surface area contributed by atoms with E-state index in [0.29, 0.717) is 32.5 Å². The van der Waals surface area contributed by atoms with Crippen LogP contribution in [0.2, 0.25) is 0 Å². The number of hydrogen-bond donors (Lipinski definition) is 2. The number of likely N-dealkylation sites (tertiary alicyclic amines) is 2. The van der Waals surface area contributed by atoms with Crippen molar-refractivity contribution in [3.63, 3.8) is 0 Å². The number of nitrogens with zero attached hydrogens (tertiary/aromatic N) is 2. The van der Waals surface area contributed by atoms with Crippen LogP contribution >= 0.6 is 0 Å². The Kier molecular flexibility index (Phi) is 5.08. The van der Waals surface area contributed by atoms with Crippen LogP contribution in [0.5, 0.6) is 0 Å². The minimum atomic E-state index is -0.795. The molecular weight excluding hydrogens is 272 g/mol. The van der Waals surface area contributed by atoms with Crippen LogP contribution in [0.4, 0.5) is 4.79 Å². The van der Waals surface area contributed by atoms with Gasteiger partial charge in [-0.25, -0.2) is 4.79 Å². The number of aliphatic carboxylic acids is 1. The average Bonchev–Trinajstić information content (AvgIpc) is 2.95. The molecule has 120 valence electrons. The lowest BCUT2D eigenvalue weighted by molar-refractivity contribution is -0.152. The molecule has 0 saturated carbocycles. The zero-order chi connectivity index (χ0) is 15.5. The van der Waals surface area contributed by atoms with Gasteiger partial charge in [0.1, 0.15) is 0 Å². The first-order chi connectivity index (χ1) is 10.0. The molecule has 2 saturated heterocycles. The summed E-state index contributed by atoms with van der Waals surface area (Å²) in [5.74, 6) is -0.790. The van der Waals surface area contributed by atoms with Crippen LogP contribution in [0.3, 0.4) is 0 Å². The van der Waals surface area contributed by atoms with E-state index in [9.17, 15) is 19.8 Å². The molecule has 0 spiro atoms. The van der Waals surface area contributed by atoms with Crippen molar-refractivity contribution in [2.45, 2.75) is 51.5 Å². The van der Waals surface area contributed by atoms with Gasteiger partial charge in [0.25, 0.3) is 0 Å². The molecule has 21 heavy (non-hydrogen) atoms. The monoisotopic (exact) mass is 298 g/mol. The molecule has 6 nitrogen and oxygen atoms in total. The lowest BCUT2D eigenvalue weighted by Crippen LogP contribution is -2.54. The molecule has 0 radical (unpaired) electrons. The van der Waals surface area contributed by atoms with Crippen LogP contribution in [-0.2, 0) is 4.79 Å². The summed E-state index contributed by atoms with van der Waals surface area (Å²) in [7, 11) is 0. The molecule has 2 aliphatic rings. The Labute approximate surface area is 125 Å². The summed E-state index contributed by atoms with van der Waals surface area (Å²) in [5.41, 5.74) is -0.795. The normalized spacial score (nSPS) is 29.7. The molecule has 2 amide bonds. The zero-order valence-corrected chi connectivity index (χ0v) is 12.8. The first-order valence-corrected chi connectivity index (χ1v) is 7.94. The Morgan fingerprint density at radius 3 is 2.67 bits per heavy atom. The smallest absolute Gasteiger partial charge is 0.320 e. The van der Waals surface area contributed by atoms with Gasteiger partial charge < -0.3 is 20.0 Å². The molecule has 2 unspecified atom stereocenters.